The van der Waals surface area contributed by atoms with Gasteiger partial charge in [-0.25, -0.2) is 8.78 Å². The Balaban J connectivity index is 1.81. The molecule has 1 aromatic heterocycles. The third-order valence-corrected chi connectivity index (χ3v) is 7.04. The number of likely N-dealkylation sites (N-methyl/N-ethyl adjacent to an activating group) is 1. The van der Waals surface area contributed by atoms with Crippen LogP contribution >= 0.6 is 22.9 Å². The van der Waals surface area contributed by atoms with E-state index in [0.29, 0.717) is 22.3 Å². The van der Waals surface area contributed by atoms with Crippen LogP contribution in [-0.2, 0) is 14.3 Å². The summed E-state index contributed by atoms with van der Waals surface area (Å²) in [5.74, 6) is -0.949. The number of amides is 3. The third kappa shape index (κ3) is 7.70. The van der Waals surface area contributed by atoms with Crippen LogP contribution in [0.2, 0.25) is 4.34 Å². The van der Waals surface area contributed by atoms with Gasteiger partial charge in [0.2, 0.25) is 5.91 Å². The lowest BCUT2D eigenvalue weighted by molar-refractivity contribution is -0.125. The van der Waals surface area contributed by atoms with Gasteiger partial charge in [-0.15, -0.1) is 11.3 Å². The summed E-state index contributed by atoms with van der Waals surface area (Å²) in [6.07, 6.45) is -2.86. The summed E-state index contributed by atoms with van der Waals surface area (Å²) in [5.41, 5.74) is -0.0940. The molecular formula is C25H31ClF2N4O4S. The number of anilines is 2. The summed E-state index contributed by atoms with van der Waals surface area (Å²) < 4.78 is 33.4. The number of benzene rings is 1. The Morgan fingerprint density at radius 2 is 2.00 bits per heavy atom. The number of ether oxygens (including phenoxy) is 1. The Labute approximate surface area is 223 Å². The van der Waals surface area contributed by atoms with Crippen molar-refractivity contribution in [2.45, 2.75) is 33.2 Å². The van der Waals surface area contributed by atoms with Crippen molar-refractivity contribution >= 4 is 52.0 Å². The Hall–Kier alpha value is -2.60. The van der Waals surface area contributed by atoms with E-state index in [0.717, 1.165) is 11.3 Å². The van der Waals surface area contributed by atoms with E-state index < -0.39 is 24.3 Å². The first-order chi connectivity index (χ1) is 17.6. The monoisotopic (exact) mass is 556 g/mol. The highest BCUT2D eigenvalue weighted by Crippen LogP contribution is 2.33. The van der Waals surface area contributed by atoms with Crippen LogP contribution in [0.3, 0.4) is 0 Å². The number of rotatable bonds is 11. The fourth-order valence-corrected chi connectivity index (χ4v) is 5.06. The van der Waals surface area contributed by atoms with Crippen LogP contribution in [0, 0.1) is 5.92 Å². The topological polar surface area (TPSA) is 91.0 Å². The molecule has 12 heteroatoms. The molecule has 2 heterocycles. The van der Waals surface area contributed by atoms with Crippen LogP contribution in [0.4, 0.5) is 20.2 Å². The molecule has 0 unspecified atom stereocenters. The summed E-state index contributed by atoms with van der Waals surface area (Å²) in [6.45, 7) is 7.34. The Morgan fingerprint density at radius 1 is 1.24 bits per heavy atom. The van der Waals surface area contributed by atoms with Crippen molar-refractivity contribution < 1.29 is 27.9 Å². The van der Waals surface area contributed by atoms with Gasteiger partial charge in [-0.05, 0) is 42.8 Å². The molecule has 0 radical (unpaired) electrons. The molecule has 0 spiro atoms. The second-order valence-electron chi connectivity index (χ2n) is 8.97. The zero-order chi connectivity index (χ0) is 27.1. The van der Waals surface area contributed by atoms with E-state index in [1.165, 1.54) is 23.1 Å². The van der Waals surface area contributed by atoms with E-state index in [4.69, 9.17) is 16.3 Å². The summed E-state index contributed by atoms with van der Waals surface area (Å²) in [7, 11) is 0. The molecule has 3 amide bonds. The van der Waals surface area contributed by atoms with Crippen molar-refractivity contribution in [2.75, 3.05) is 49.6 Å². The van der Waals surface area contributed by atoms with E-state index in [1.54, 1.807) is 12.1 Å². The lowest BCUT2D eigenvalue weighted by Gasteiger charge is -2.31. The fraction of sp³-hybridized carbons (Fsp3) is 0.480. The number of alkyl halides is 2. The molecule has 202 valence electrons. The number of thiophene rings is 1. The molecule has 1 fully saturated rings. The van der Waals surface area contributed by atoms with Gasteiger partial charge in [0.25, 0.3) is 18.2 Å². The maximum Gasteiger partial charge on any atom is 0.265 e. The molecule has 1 atom stereocenters. The minimum atomic E-state index is -2.86. The van der Waals surface area contributed by atoms with Gasteiger partial charge in [0.05, 0.1) is 21.5 Å². The molecule has 1 aliphatic heterocycles. The van der Waals surface area contributed by atoms with Crippen molar-refractivity contribution in [1.29, 1.82) is 0 Å². The zero-order valence-electron chi connectivity index (χ0n) is 20.9. The highest BCUT2D eigenvalue weighted by molar-refractivity contribution is 7.18. The third-order valence-electron chi connectivity index (χ3n) is 5.81. The maximum absolute atomic E-state index is 13.9. The first-order valence-electron chi connectivity index (χ1n) is 12.0. The number of morpholine rings is 1. The average molecular weight is 557 g/mol. The van der Waals surface area contributed by atoms with Crippen molar-refractivity contribution in [3.05, 3.63) is 45.1 Å². The van der Waals surface area contributed by atoms with E-state index >= 15 is 0 Å². The minimum Gasteiger partial charge on any atom is -0.370 e. The van der Waals surface area contributed by atoms with Crippen LogP contribution in [0.5, 0.6) is 0 Å². The first kappa shape index (κ1) is 29.0. The molecule has 0 saturated carbocycles. The van der Waals surface area contributed by atoms with Crippen LogP contribution in [-0.4, -0.2) is 68.1 Å². The predicted molar refractivity (Wildman–Crippen MR) is 141 cm³/mol. The van der Waals surface area contributed by atoms with Gasteiger partial charge < -0.3 is 20.3 Å². The van der Waals surface area contributed by atoms with Crippen molar-refractivity contribution in [1.82, 2.24) is 10.2 Å². The molecule has 2 aromatic rings. The number of nitrogens with zero attached hydrogens (tertiary/aromatic N) is 2. The molecule has 0 bridgehead atoms. The molecular weight excluding hydrogens is 526 g/mol. The number of carbonyl (C=O) groups excluding carboxylic acids is 3. The Bertz CT molecular complexity index is 1110. The SMILES string of the molecule is CCN(CC(C)C)[C@H](CNC(=O)c1ccc(Cl)s1)C(=O)Nc1ccc(N2CCOCC2=O)c(C(F)F)c1. The van der Waals surface area contributed by atoms with Crippen LogP contribution in [0.15, 0.2) is 30.3 Å². The summed E-state index contributed by atoms with van der Waals surface area (Å²) >= 11 is 7.06. The predicted octanol–water partition coefficient (Wildman–Crippen LogP) is 4.42. The molecule has 2 N–H and O–H groups in total. The van der Waals surface area contributed by atoms with E-state index in [9.17, 15) is 23.2 Å². The second kappa shape index (κ2) is 13.3. The van der Waals surface area contributed by atoms with Gasteiger partial charge in [-0.2, -0.15) is 0 Å². The zero-order valence-corrected chi connectivity index (χ0v) is 22.5. The smallest absolute Gasteiger partial charge is 0.265 e. The highest BCUT2D eigenvalue weighted by Gasteiger charge is 2.29. The Kier molecular flexibility index (Phi) is 10.4. The lowest BCUT2D eigenvalue weighted by atomic mass is 10.1. The maximum atomic E-state index is 13.9. The molecule has 1 saturated heterocycles. The lowest BCUT2D eigenvalue weighted by Crippen LogP contribution is -2.51. The van der Waals surface area contributed by atoms with Gasteiger partial charge in [-0.3, -0.25) is 19.3 Å². The van der Waals surface area contributed by atoms with Gasteiger partial charge >= 0.3 is 0 Å². The minimum absolute atomic E-state index is 0.0167. The summed E-state index contributed by atoms with van der Waals surface area (Å²) in [5, 5.41) is 5.51. The second-order valence-corrected chi connectivity index (χ2v) is 10.7. The van der Waals surface area contributed by atoms with E-state index in [1.807, 2.05) is 25.7 Å². The molecule has 37 heavy (non-hydrogen) atoms. The number of hydrogen-bond acceptors (Lipinski definition) is 6. The number of halogens is 3. The summed E-state index contributed by atoms with van der Waals surface area (Å²) in [6, 6.07) is 6.56. The molecule has 8 nitrogen and oxygen atoms in total. The fourth-order valence-electron chi connectivity index (χ4n) is 4.10. The average Bonchev–Trinajstić information content (AvgIpc) is 3.29. The quantitative estimate of drug-likeness (QED) is 0.428. The van der Waals surface area contributed by atoms with E-state index in [-0.39, 0.29) is 55.1 Å². The van der Waals surface area contributed by atoms with Gasteiger partial charge in [0, 0.05) is 30.9 Å². The van der Waals surface area contributed by atoms with Crippen molar-refractivity contribution in [3.8, 4) is 0 Å². The first-order valence-corrected chi connectivity index (χ1v) is 13.2. The number of carbonyl (C=O) groups is 3. The molecule has 1 aliphatic rings. The largest absolute Gasteiger partial charge is 0.370 e. The van der Waals surface area contributed by atoms with Gasteiger partial charge in [0.15, 0.2) is 0 Å². The van der Waals surface area contributed by atoms with Gasteiger partial charge in [0.1, 0.15) is 12.6 Å². The Morgan fingerprint density at radius 3 is 2.59 bits per heavy atom. The van der Waals surface area contributed by atoms with Crippen molar-refractivity contribution in [3.63, 3.8) is 0 Å². The molecule has 0 aliphatic carbocycles. The normalized spacial score (nSPS) is 14.9. The van der Waals surface area contributed by atoms with Crippen LogP contribution in [0.1, 0.15) is 42.4 Å². The van der Waals surface area contributed by atoms with Crippen molar-refractivity contribution in [2.24, 2.45) is 5.92 Å². The van der Waals surface area contributed by atoms with E-state index in [2.05, 4.69) is 10.6 Å². The molecule has 1 aromatic carbocycles. The molecule has 3 rings (SSSR count). The van der Waals surface area contributed by atoms with Gasteiger partial charge in [-0.1, -0.05) is 32.4 Å². The number of hydrogen-bond donors (Lipinski definition) is 2. The standard InChI is InChI=1S/C25H31ClF2N4O4S/c1-4-31(13-15(2)3)19(12-29-25(35)20-7-8-21(26)37-20)24(34)30-16-5-6-18(17(11-16)23(27)28)32-9-10-36-14-22(32)33/h5-8,11,15,19,23H,4,9-10,12-14H2,1-3H3,(H,29,35)(H,30,34)/t19-/m1/s1. The van der Waals surface area contributed by atoms with Crippen LogP contribution in [0.25, 0.3) is 0 Å². The summed E-state index contributed by atoms with van der Waals surface area (Å²) in [4.78, 5) is 41.8. The van der Waals surface area contributed by atoms with Crippen LogP contribution < -0.4 is 15.5 Å². The number of nitrogens with one attached hydrogen (secondary N) is 2. The highest BCUT2D eigenvalue weighted by atomic mass is 35.5.